The number of rotatable bonds is 4. The number of allylic oxidation sites excluding steroid dienone is 2. The van der Waals surface area contributed by atoms with Gasteiger partial charge < -0.3 is 9.47 Å². The first kappa shape index (κ1) is 22.0. The first-order valence-electron chi connectivity index (χ1n) is 12.3. The fraction of sp³-hybridized carbons (Fsp3) is 0.815. The van der Waals surface area contributed by atoms with Crippen LogP contribution < -0.4 is 0 Å². The summed E-state index contributed by atoms with van der Waals surface area (Å²) < 4.78 is 11.9. The number of carbonyl (C=O) groups is 1. The minimum Gasteiger partial charge on any atom is -0.501 e. The Kier molecular flexibility index (Phi) is 5.64. The third-order valence-electron chi connectivity index (χ3n) is 9.34. The third-order valence-corrected chi connectivity index (χ3v) is 9.34. The molecule has 5 unspecified atom stereocenters. The molecule has 4 aliphatic rings. The highest BCUT2D eigenvalue weighted by Gasteiger charge is 2.56. The quantitative estimate of drug-likeness (QED) is 0.374. The lowest BCUT2D eigenvalue weighted by atomic mass is 9.50. The summed E-state index contributed by atoms with van der Waals surface area (Å²) in [5.74, 6) is 4.13. The molecule has 0 bridgehead atoms. The summed E-state index contributed by atoms with van der Waals surface area (Å²) in [4.78, 5) is 12.1. The predicted molar refractivity (Wildman–Crippen MR) is 121 cm³/mol. The maximum atomic E-state index is 12.1. The van der Waals surface area contributed by atoms with Crippen LogP contribution in [0.3, 0.4) is 0 Å². The van der Waals surface area contributed by atoms with E-state index in [2.05, 4.69) is 34.6 Å². The van der Waals surface area contributed by atoms with Gasteiger partial charge in [-0.15, -0.1) is 0 Å². The van der Waals surface area contributed by atoms with Crippen LogP contribution in [0.25, 0.3) is 0 Å². The van der Waals surface area contributed by atoms with E-state index in [1.807, 2.05) is 14.0 Å². The lowest BCUT2D eigenvalue weighted by Crippen LogP contribution is -2.48. The number of ether oxygens (including phenoxy) is 2. The number of fused-ring (bicyclic) bond motifs is 4. The number of hydrogen-bond acceptors (Lipinski definition) is 3. The Bertz CT molecular complexity index is 769. The zero-order chi connectivity index (χ0) is 21.8. The molecule has 168 valence electrons. The van der Waals surface area contributed by atoms with Gasteiger partial charge in [-0.25, -0.2) is 0 Å². The molecule has 4 rings (SSSR count). The van der Waals surface area contributed by atoms with Gasteiger partial charge in [0.15, 0.2) is 0 Å². The normalized spacial score (nSPS) is 36.7. The van der Waals surface area contributed by atoms with Gasteiger partial charge in [-0.3, -0.25) is 4.79 Å². The van der Waals surface area contributed by atoms with Gasteiger partial charge in [0.1, 0.15) is 11.9 Å². The fourth-order valence-corrected chi connectivity index (χ4v) is 8.03. The van der Waals surface area contributed by atoms with E-state index in [4.69, 9.17) is 9.47 Å². The largest absolute Gasteiger partial charge is 0.501 e. The third kappa shape index (κ3) is 3.17. The van der Waals surface area contributed by atoms with Crippen molar-refractivity contribution in [1.29, 1.82) is 0 Å². The SMILES string of the molecule is CCC(=O)OC1CC2=C(C3CCC4C(CC(CC)=C(OC)C4(C)C)C3CC2)C1(C)C. The van der Waals surface area contributed by atoms with E-state index in [-0.39, 0.29) is 22.9 Å². The molecule has 0 aromatic carbocycles. The highest BCUT2D eigenvalue weighted by Crippen LogP contribution is 2.63. The average molecular weight is 415 g/mol. The van der Waals surface area contributed by atoms with Crippen molar-refractivity contribution < 1.29 is 14.3 Å². The van der Waals surface area contributed by atoms with Gasteiger partial charge in [0.25, 0.3) is 0 Å². The zero-order valence-corrected chi connectivity index (χ0v) is 20.3. The smallest absolute Gasteiger partial charge is 0.305 e. The van der Waals surface area contributed by atoms with Gasteiger partial charge in [0.2, 0.25) is 0 Å². The standard InChI is InChI=1S/C27H42O3/c1-8-16-14-20-18-11-10-17-15-22(30-23(28)9-2)27(5,6)24(17)19(18)12-13-21(20)26(3,4)25(16)29-7/h18-22H,8-15H2,1-7H3. The second-order valence-corrected chi connectivity index (χ2v) is 11.3. The Morgan fingerprint density at radius 2 is 1.73 bits per heavy atom. The molecule has 1 fully saturated rings. The monoisotopic (exact) mass is 414 g/mol. The summed E-state index contributed by atoms with van der Waals surface area (Å²) in [7, 11) is 1.87. The molecule has 0 spiro atoms. The topological polar surface area (TPSA) is 35.5 Å². The van der Waals surface area contributed by atoms with Crippen molar-refractivity contribution in [1.82, 2.24) is 0 Å². The van der Waals surface area contributed by atoms with Crippen molar-refractivity contribution >= 4 is 5.97 Å². The number of carbonyl (C=O) groups excluding carboxylic acids is 1. The Labute approximate surface area is 183 Å². The van der Waals surface area contributed by atoms with E-state index >= 15 is 0 Å². The van der Waals surface area contributed by atoms with Crippen molar-refractivity contribution in [2.45, 2.75) is 99.0 Å². The predicted octanol–water partition coefficient (Wildman–Crippen LogP) is 6.83. The molecule has 30 heavy (non-hydrogen) atoms. The van der Waals surface area contributed by atoms with Crippen LogP contribution >= 0.6 is 0 Å². The van der Waals surface area contributed by atoms with Crippen LogP contribution in [0.15, 0.2) is 22.5 Å². The van der Waals surface area contributed by atoms with Crippen molar-refractivity contribution in [2.75, 3.05) is 7.11 Å². The molecule has 3 nitrogen and oxygen atoms in total. The van der Waals surface area contributed by atoms with Gasteiger partial charge in [0.05, 0.1) is 7.11 Å². The van der Waals surface area contributed by atoms with Gasteiger partial charge in [-0.2, -0.15) is 0 Å². The second-order valence-electron chi connectivity index (χ2n) is 11.3. The Morgan fingerprint density at radius 3 is 2.37 bits per heavy atom. The summed E-state index contributed by atoms with van der Waals surface area (Å²) in [6.07, 6.45) is 8.85. The van der Waals surface area contributed by atoms with E-state index in [1.54, 1.807) is 16.7 Å². The second kappa shape index (κ2) is 7.71. The number of esters is 1. The first-order chi connectivity index (χ1) is 14.2. The van der Waals surface area contributed by atoms with Crippen LogP contribution in [-0.2, 0) is 14.3 Å². The summed E-state index contributed by atoms with van der Waals surface area (Å²) in [6.45, 7) is 13.7. The summed E-state index contributed by atoms with van der Waals surface area (Å²) in [5, 5.41) is 0. The molecular formula is C27H42O3. The Morgan fingerprint density at radius 1 is 1.00 bits per heavy atom. The minimum absolute atomic E-state index is 0.0262. The molecule has 5 atom stereocenters. The molecule has 0 N–H and O–H groups in total. The zero-order valence-electron chi connectivity index (χ0n) is 20.3. The molecule has 4 aliphatic carbocycles. The molecule has 0 saturated heterocycles. The van der Waals surface area contributed by atoms with Crippen LogP contribution in [0.2, 0.25) is 0 Å². The van der Waals surface area contributed by atoms with E-state index in [1.165, 1.54) is 37.9 Å². The Hall–Kier alpha value is -1.25. The summed E-state index contributed by atoms with van der Waals surface area (Å²) in [6, 6.07) is 0. The van der Waals surface area contributed by atoms with Crippen LogP contribution in [-0.4, -0.2) is 19.2 Å². The van der Waals surface area contributed by atoms with Gasteiger partial charge in [0, 0.05) is 23.7 Å². The number of hydrogen-bond donors (Lipinski definition) is 0. The van der Waals surface area contributed by atoms with Gasteiger partial charge >= 0.3 is 5.97 Å². The molecule has 0 aromatic heterocycles. The van der Waals surface area contributed by atoms with Crippen LogP contribution in [0.1, 0.15) is 92.9 Å². The van der Waals surface area contributed by atoms with Crippen molar-refractivity contribution in [3.8, 4) is 0 Å². The van der Waals surface area contributed by atoms with E-state index in [9.17, 15) is 4.79 Å². The van der Waals surface area contributed by atoms with Crippen LogP contribution in [0, 0.1) is 34.5 Å². The molecule has 0 aromatic rings. The molecule has 1 saturated carbocycles. The minimum atomic E-state index is -0.0490. The van der Waals surface area contributed by atoms with Crippen LogP contribution in [0.4, 0.5) is 0 Å². The van der Waals surface area contributed by atoms with Crippen molar-refractivity contribution in [2.24, 2.45) is 34.5 Å². The van der Waals surface area contributed by atoms with E-state index < -0.39 is 0 Å². The van der Waals surface area contributed by atoms with Crippen LogP contribution in [0.5, 0.6) is 0 Å². The summed E-state index contributed by atoms with van der Waals surface area (Å²) in [5.41, 5.74) is 4.94. The maximum Gasteiger partial charge on any atom is 0.305 e. The van der Waals surface area contributed by atoms with E-state index in [0.29, 0.717) is 18.3 Å². The van der Waals surface area contributed by atoms with Gasteiger partial charge in [-0.1, -0.05) is 52.7 Å². The Balaban J connectivity index is 1.64. The van der Waals surface area contributed by atoms with Crippen molar-refractivity contribution in [3.05, 3.63) is 22.5 Å². The number of methoxy groups -OCH3 is 1. The van der Waals surface area contributed by atoms with Gasteiger partial charge in [-0.05, 0) is 67.8 Å². The van der Waals surface area contributed by atoms with Crippen molar-refractivity contribution in [3.63, 3.8) is 0 Å². The average Bonchev–Trinajstić information content (AvgIpc) is 2.96. The molecule has 0 radical (unpaired) electrons. The summed E-state index contributed by atoms with van der Waals surface area (Å²) >= 11 is 0. The molecule has 0 heterocycles. The van der Waals surface area contributed by atoms with E-state index in [0.717, 1.165) is 24.7 Å². The molecular weight excluding hydrogens is 372 g/mol. The maximum absolute atomic E-state index is 12.1. The highest BCUT2D eigenvalue weighted by atomic mass is 16.5. The molecule has 0 amide bonds. The molecule has 0 aliphatic heterocycles. The lowest BCUT2D eigenvalue weighted by molar-refractivity contribution is -0.152. The fourth-order valence-electron chi connectivity index (χ4n) is 8.03. The lowest BCUT2D eigenvalue weighted by Gasteiger charge is -2.55. The first-order valence-corrected chi connectivity index (χ1v) is 12.3. The molecule has 3 heteroatoms. The highest BCUT2D eigenvalue weighted by molar-refractivity contribution is 5.69.